The lowest BCUT2D eigenvalue weighted by molar-refractivity contribution is 0.0748. The summed E-state index contributed by atoms with van der Waals surface area (Å²) in [5.74, 6) is 1.85. The van der Waals surface area contributed by atoms with Crippen molar-refractivity contribution in [2.24, 2.45) is 0 Å². The molecule has 0 radical (unpaired) electrons. The van der Waals surface area contributed by atoms with Crippen molar-refractivity contribution in [3.05, 3.63) is 53.3 Å². The first-order valence-electron chi connectivity index (χ1n) is 10.6. The summed E-state index contributed by atoms with van der Waals surface area (Å²) in [6.45, 7) is 5.15. The highest BCUT2D eigenvalue weighted by atomic mass is 32.1. The molecule has 4 heterocycles. The van der Waals surface area contributed by atoms with E-state index in [1.54, 1.807) is 24.9 Å². The number of thiazole rings is 1. The molecule has 0 saturated heterocycles. The number of aromatic nitrogens is 4. The van der Waals surface area contributed by atoms with Crippen molar-refractivity contribution >= 4 is 38.6 Å². The first kappa shape index (κ1) is 23.1. The lowest BCUT2D eigenvalue weighted by Crippen LogP contribution is -2.02. The van der Waals surface area contributed by atoms with Crippen LogP contribution in [0.5, 0.6) is 16.7 Å². The van der Waals surface area contributed by atoms with Gasteiger partial charge < -0.3 is 28.1 Å². The maximum absolute atomic E-state index is 6.12. The van der Waals surface area contributed by atoms with Crippen LogP contribution in [0.2, 0.25) is 0 Å². The van der Waals surface area contributed by atoms with Crippen molar-refractivity contribution in [2.75, 3.05) is 27.4 Å². The number of imidazole rings is 1. The Morgan fingerprint density at radius 2 is 2.03 bits per heavy atom. The van der Waals surface area contributed by atoms with Crippen LogP contribution in [0.25, 0.3) is 27.4 Å². The number of fused-ring (bicyclic) bond motifs is 2. The molecule has 0 aliphatic rings. The van der Waals surface area contributed by atoms with Crippen molar-refractivity contribution in [1.29, 1.82) is 0 Å². The number of nitrogens with zero attached hydrogens (tertiary/aromatic N) is 4. The Morgan fingerprint density at radius 3 is 2.83 bits per heavy atom. The minimum Gasteiger partial charge on any atom is -0.499 e. The first-order chi connectivity index (χ1) is 17.2. The van der Waals surface area contributed by atoms with Crippen LogP contribution in [0, 0.1) is 0 Å². The molecule has 0 amide bonds. The lowest BCUT2D eigenvalue weighted by Gasteiger charge is -2.08. The van der Waals surface area contributed by atoms with Gasteiger partial charge in [-0.05, 0) is 17.4 Å². The summed E-state index contributed by atoms with van der Waals surface area (Å²) in [6.07, 6.45) is 3.19. The average molecular weight is 515 g/mol. The number of rotatable bonds is 12. The number of methoxy groups -OCH3 is 2. The van der Waals surface area contributed by atoms with Gasteiger partial charge in [0.2, 0.25) is 4.96 Å². The highest BCUT2D eigenvalue weighted by Gasteiger charge is 2.17. The summed E-state index contributed by atoms with van der Waals surface area (Å²) in [5, 5.41) is 8.49. The van der Waals surface area contributed by atoms with Crippen LogP contribution < -0.4 is 14.2 Å². The molecule has 1 aromatic carbocycles. The minimum absolute atomic E-state index is 0.294. The number of hydrogen-bond donors (Lipinski definition) is 0. The molecule has 0 aliphatic heterocycles. The van der Waals surface area contributed by atoms with Gasteiger partial charge >= 0.3 is 0 Å². The second kappa shape index (κ2) is 10.3. The zero-order chi connectivity index (χ0) is 24.2. The third-order valence-corrected chi connectivity index (χ3v) is 6.68. The van der Waals surface area contributed by atoms with E-state index in [2.05, 4.69) is 21.6 Å². The molecular weight excluding hydrogens is 492 g/mol. The van der Waals surface area contributed by atoms with Crippen LogP contribution in [0.1, 0.15) is 10.7 Å². The van der Waals surface area contributed by atoms with Crippen LogP contribution >= 0.6 is 22.7 Å². The first-order valence-corrected chi connectivity index (χ1v) is 12.2. The monoisotopic (exact) mass is 514 g/mol. The zero-order valence-electron chi connectivity index (χ0n) is 19.1. The fourth-order valence-electron chi connectivity index (χ4n) is 3.31. The smallest absolute Gasteiger partial charge is 0.294 e. The molecule has 0 aliphatic carbocycles. The Hall–Kier alpha value is -3.61. The number of benzene rings is 1. The van der Waals surface area contributed by atoms with E-state index in [9.17, 15) is 0 Å². The van der Waals surface area contributed by atoms with Gasteiger partial charge in [0.25, 0.3) is 5.19 Å². The van der Waals surface area contributed by atoms with Gasteiger partial charge in [-0.15, -0.1) is 16.4 Å². The Bertz CT molecular complexity index is 1420. The SMILES string of the molecule is C=COCCOCc1nc(COc2cc(OC)cc3oc(-c4cn5nc(OC)sc5n4)cc23)cs1. The second-order valence-corrected chi connectivity index (χ2v) is 9.05. The molecule has 0 atom stereocenters. The van der Waals surface area contributed by atoms with Gasteiger partial charge in [0.1, 0.15) is 41.0 Å². The topological polar surface area (TPSA) is 102 Å². The van der Waals surface area contributed by atoms with Gasteiger partial charge in [0.05, 0.1) is 51.0 Å². The van der Waals surface area contributed by atoms with E-state index < -0.39 is 0 Å². The van der Waals surface area contributed by atoms with E-state index in [4.69, 9.17) is 28.1 Å². The lowest BCUT2D eigenvalue weighted by atomic mass is 10.2. The molecule has 0 fully saturated rings. The normalized spacial score (nSPS) is 11.3. The van der Waals surface area contributed by atoms with Crippen molar-refractivity contribution in [2.45, 2.75) is 13.2 Å². The summed E-state index contributed by atoms with van der Waals surface area (Å²) >= 11 is 2.87. The molecule has 0 spiro atoms. The molecule has 4 aromatic heterocycles. The summed E-state index contributed by atoms with van der Waals surface area (Å²) in [5.41, 5.74) is 2.10. The molecule has 0 N–H and O–H groups in total. The van der Waals surface area contributed by atoms with Crippen LogP contribution in [-0.2, 0) is 22.7 Å². The molecule has 0 unspecified atom stereocenters. The van der Waals surface area contributed by atoms with Gasteiger partial charge in [0, 0.05) is 17.5 Å². The van der Waals surface area contributed by atoms with Crippen LogP contribution in [-0.4, -0.2) is 47.0 Å². The van der Waals surface area contributed by atoms with Crippen LogP contribution in [0.4, 0.5) is 0 Å². The Labute approximate surface area is 208 Å². The Balaban J connectivity index is 1.32. The number of ether oxygens (including phenoxy) is 5. The average Bonchev–Trinajstić information content (AvgIpc) is 3.64. The fourth-order valence-corrected chi connectivity index (χ4v) is 4.73. The largest absolute Gasteiger partial charge is 0.499 e. The molecular formula is C23H22N4O6S2. The standard InChI is InChI=1S/C23H22N4O6S2/c1-4-30-5-6-31-12-21-24-14(13-34-21)11-32-18-7-15(28-2)8-19-16(18)9-20(33-19)17-10-27-22(25-17)35-23(26-27)29-3/h4,7-10,13H,1,5-6,11-12H2,2-3H3. The summed E-state index contributed by atoms with van der Waals surface area (Å²) < 4.78 is 35.1. The van der Waals surface area contributed by atoms with E-state index in [0.29, 0.717) is 65.1 Å². The summed E-state index contributed by atoms with van der Waals surface area (Å²) in [6, 6.07) is 5.55. The molecule has 0 saturated carbocycles. The predicted molar refractivity (Wildman–Crippen MR) is 131 cm³/mol. The van der Waals surface area contributed by atoms with Crippen molar-refractivity contribution < 1.29 is 28.1 Å². The van der Waals surface area contributed by atoms with Gasteiger partial charge in [0.15, 0.2) is 5.76 Å². The minimum atomic E-state index is 0.294. The summed E-state index contributed by atoms with van der Waals surface area (Å²) in [7, 11) is 3.18. The van der Waals surface area contributed by atoms with Crippen molar-refractivity contribution in [3.8, 4) is 28.1 Å². The quantitative estimate of drug-likeness (QED) is 0.169. The molecule has 5 aromatic rings. The van der Waals surface area contributed by atoms with Crippen molar-refractivity contribution in [1.82, 2.24) is 19.6 Å². The van der Waals surface area contributed by atoms with E-state index in [0.717, 1.165) is 16.1 Å². The zero-order valence-corrected chi connectivity index (χ0v) is 20.7. The molecule has 5 rings (SSSR count). The third kappa shape index (κ3) is 5.09. The number of furan rings is 1. The van der Waals surface area contributed by atoms with Crippen molar-refractivity contribution in [3.63, 3.8) is 0 Å². The Kier molecular flexibility index (Phi) is 6.84. The van der Waals surface area contributed by atoms with Gasteiger partial charge in [-0.25, -0.2) is 14.5 Å². The molecule has 12 heteroatoms. The molecule has 35 heavy (non-hydrogen) atoms. The van der Waals surface area contributed by atoms with E-state index in [1.165, 1.54) is 28.9 Å². The van der Waals surface area contributed by atoms with Crippen LogP contribution in [0.15, 0.2) is 47.0 Å². The molecule has 182 valence electrons. The second-order valence-electron chi connectivity index (χ2n) is 7.18. The van der Waals surface area contributed by atoms with E-state index in [1.807, 2.05) is 23.6 Å². The van der Waals surface area contributed by atoms with Crippen LogP contribution in [0.3, 0.4) is 0 Å². The highest BCUT2D eigenvalue weighted by molar-refractivity contribution is 7.18. The van der Waals surface area contributed by atoms with Gasteiger partial charge in [-0.2, -0.15) is 0 Å². The van der Waals surface area contributed by atoms with Gasteiger partial charge in [-0.1, -0.05) is 6.58 Å². The van der Waals surface area contributed by atoms with E-state index in [-0.39, 0.29) is 0 Å². The molecule has 0 bridgehead atoms. The third-order valence-electron chi connectivity index (χ3n) is 4.92. The predicted octanol–water partition coefficient (Wildman–Crippen LogP) is 4.93. The van der Waals surface area contributed by atoms with Gasteiger partial charge in [-0.3, -0.25) is 0 Å². The maximum Gasteiger partial charge on any atom is 0.294 e. The summed E-state index contributed by atoms with van der Waals surface area (Å²) in [4.78, 5) is 9.88. The number of hydrogen-bond acceptors (Lipinski definition) is 11. The van der Waals surface area contributed by atoms with E-state index >= 15 is 0 Å². The fraction of sp³-hybridized carbons (Fsp3) is 0.261. The Morgan fingerprint density at radius 1 is 1.11 bits per heavy atom. The highest BCUT2D eigenvalue weighted by Crippen LogP contribution is 2.37. The maximum atomic E-state index is 6.12. The molecule has 10 nitrogen and oxygen atoms in total.